The Kier molecular flexibility index (Phi) is 11.1. The van der Waals surface area contributed by atoms with Gasteiger partial charge in [0.15, 0.2) is 5.96 Å². The van der Waals surface area contributed by atoms with E-state index in [9.17, 15) is 0 Å². The summed E-state index contributed by atoms with van der Waals surface area (Å²) in [6, 6.07) is 5.37. The predicted octanol–water partition coefficient (Wildman–Crippen LogP) is 4.02. The molecule has 1 aromatic carbocycles. The average Bonchev–Trinajstić information content (AvgIpc) is 3.03. The summed E-state index contributed by atoms with van der Waals surface area (Å²) in [5.74, 6) is 0.947. The molecule has 1 aromatic rings. The van der Waals surface area contributed by atoms with Crippen LogP contribution in [0.15, 0.2) is 23.2 Å². The van der Waals surface area contributed by atoms with Crippen LogP contribution >= 0.6 is 47.2 Å². The van der Waals surface area contributed by atoms with Gasteiger partial charge >= 0.3 is 0 Å². The van der Waals surface area contributed by atoms with Crippen LogP contribution in [-0.4, -0.2) is 38.9 Å². The molecule has 3 N–H and O–H groups in total. The van der Waals surface area contributed by atoms with E-state index in [1.165, 1.54) is 0 Å². The third-order valence-corrected chi connectivity index (χ3v) is 4.46. The highest BCUT2D eigenvalue weighted by molar-refractivity contribution is 14.0. The third-order valence-electron chi connectivity index (χ3n) is 3.90. The lowest BCUT2D eigenvalue weighted by molar-refractivity contribution is 0.0893. The summed E-state index contributed by atoms with van der Waals surface area (Å²) in [5.41, 5.74) is 6.85. The summed E-state index contributed by atoms with van der Waals surface area (Å²) >= 11 is 12.1. The predicted molar refractivity (Wildman–Crippen MR) is 114 cm³/mol. The molecule has 0 aromatic heterocycles. The second kappa shape index (κ2) is 12.2. The van der Waals surface area contributed by atoms with E-state index in [2.05, 4.69) is 10.3 Å². The van der Waals surface area contributed by atoms with Crippen LogP contribution in [0.1, 0.15) is 31.4 Å². The molecule has 8 heteroatoms. The molecule has 1 aliphatic rings. The lowest BCUT2D eigenvalue weighted by Gasteiger charge is -2.16. The second-order valence-electron chi connectivity index (χ2n) is 5.96. The fourth-order valence-electron chi connectivity index (χ4n) is 2.53. The molecule has 0 bridgehead atoms. The van der Waals surface area contributed by atoms with E-state index in [1.807, 2.05) is 13.0 Å². The maximum Gasteiger partial charge on any atom is 0.189 e. The van der Waals surface area contributed by atoms with E-state index in [0.717, 1.165) is 38.2 Å². The van der Waals surface area contributed by atoms with Gasteiger partial charge < -0.3 is 20.5 Å². The van der Waals surface area contributed by atoms with Crippen molar-refractivity contribution in [2.24, 2.45) is 16.6 Å². The number of rotatable bonds is 8. The van der Waals surface area contributed by atoms with E-state index >= 15 is 0 Å². The van der Waals surface area contributed by atoms with E-state index in [1.54, 1.807) is 12.1 Å². The lowest BCUT2D eigenvalue weighted by atomic mass is 10.1. The van der Waals surface area contributed by atoms with E-state index in [4.69, 9.17) is 38.4 Å². The largest absolute Gasteiger partial charge is 0.381 e. The summed E-state index contributed by atoms with van der Waals surface area (Å²) in [4.78, 5) is 4.32. The molecule has 2 rings (SSSR count). The van der Waals surface area contributed by atoms with Gasteiger partial charge in [-0.2, -0.15) is 0 Å². The first-order valence-electron chi connectivity index (χ1n) is 8.23. The molecular weight excluding hydrogens is 476 g/mol. The van der Waals surface area contributed by atoms with Crippen molar-refractivity contribution in [1.29, 1.82) is 0 Å². The van der Waals surface area contributed by atoms with Crippen molar-refractivity contribution in [2.75, 3.05) is 33.0 Å². The first-order chi connectivity index (χ1) is 11.6. The van der Waals surface area contributed by atoms with E-state index in [0.29, 0.717) is 35.1 Å². The standard InChI is InChI=1S/C17H25Cl2N3O2.HI/c1-12(15-4-3-14(18)9-16(15)19)22-17(20)21-6-2-7-23-10-13-5-8-24-11-13;/h3-4,9,12-13H,2,5-8,10-11H2,1H3,(H3,20,21,22);1H. The Labute approximate surface area is 176 Å². The minimum Gasteiger partial charge on any atom is -0.381 e. The van der Waals surface area contributed by atoms with Crippen molar-refractivity contribution in [2.45, 2.75) is 25.8 Å². The molecule has 142 valence electrons. The topological polar surface area (TPSA) is 68.9 Å². The van der Waals surface area contributed by atoms with Gasteiger partial charge in [-0.25, -0.2) is 0 Å². The highest BCUT2D eigenvalue weighted by atomic mass is 127. The Morgan fingerprint density at radius 1 is 1.48 bits per heavy atom. The van der Waals surface area contributed by atoms with Gasteiger partial charge in [-0.3, -0.25) is 4.99 Å². The molecule has 0 saturated carbocycles. The SMILES string of the molecule is CC(NC(N)=NCCCOCC1CCOC1)c1ccc(Cl)cc1Cl.I. The van der Waals surface area contributed by atoms with E-state index in [-0.39, 0.29) is 30.0 Å². The highest BCUT2D eigenvalue weighted by Crippen LogP contribution is 2.25. The first kappa shape index (κ1) is 22.8. The summed E-state index contributed by atoms with van der Waals surface area (Å²) in [5, 5.41) is 4.36. The Morgan fingerprint density at radius 3 is 2.96 bits per heavy atom. The van der Waals surface area contributed by atoms with Gasteiger partial charge in [-0.05, 0) is 37.5 Å². The Hall–Kier alpha value is -0.280. The highest BCUT2D eigenvalue weighted by Gasteiger charge is 2.15. The van der Waals surface area contributed by atoms with Gasteiger partial charge in [0, 0.05) is 35.7 Å². The number of nitrogens with two attached hydrogens (primary N) is 1. The van der Waals surface area contributed by atoms with Crippen LogP contribution in [0, 0.1) is 5.92 Å². The van der Waals surface area contributed by atoms with Crippen LogP contribution in [0.4, 0.5) is 0 Å². The van der Waals surface area contributed by atoms with Crippen molar-refractivity contribution in [3.63, 3.8) is 0 Å². The molecule has 0 spiro atoms. The molecule has 2 unspecified atom stereocenters. The summed E-state index contributed by atoms with van der Waals surface area (Å²) in [7, 11) is 0. The Balaban J connectivity index is 0.00000312. The number of halogens is 3. The minimum atomic E-state index is -0.0443. The van der Waals surface area contributed by atoms with Crippen molar-refractivity contribution < 1.29 is 9.47 Å². The van der Waals surface area contributed by atoms with Crippen LogP contribution in [0.2, 0.25) is 10.0 Å². The summed E-state index contributed by atoms with van der Waals surface area (Å²) in [6.07, 6.45) is 1.94. The zero-order valence-corrected chi connectivity index (χ0v) is 18.2. The molecule has 1 saturated heterocycles. The van der Waals surface area contributed by atoms with Crippen molar-refractivity contribution in [1.82, 2.24) is 5.32 Å². The van der Waals surface area contributed by atoms with Crippen molar-refractivity contribution >= 4 is 53.1 Å². The number of nitrogens with one attached hydrogen (secondary N) is 1. The van der Waals surface area contributed by atoms with Crippen molar-refractivity contribution in [3.8, 4) is 0 Å². The molecule has 0 radical (unpaired) electrons. The number of guanidine groups is 1. The molecule has 5 nitrogen and oxygen atoms in total. The monoisotopic (exact) mass is 501 g/mol. The quantitative estimate of drug-likeness (QED) is 0.244. The maximum absolute atomic E-state index is 6.19. The molecule has 25 heavy (non-hydrogen) atoms. The molecule has 0 aliphatic carbocycles. The summed E-state index contributed by atoms with van der Waals surface area (Å²) in [6.45, 7) is 5.73. The number of aliphatic imine (C=N–C) groups is 1. The number of hydrogen-bond donors (Lipinski definition) is 2. The van der Waals surface area contributed by atoms with Crippen LogP contribution in [0.5, 0.6) is 0 Å². The maximum atomic E-state index is 6.19. The van der Waals surface area contributed by atoms with Crippen molar-refractivity contribution in [3.05, 3.63) is 33.8 Å². The van der Waals surface area contributed by atoms with Gasteiger partial charge in [0.2, 0.25) is 0 Å². The fraction of sp³-hybridized carbons (Fsp3) is 0.588. The van der Waals surface area contributed by atoms with Crippen LogP contribution < -0.4 is 11.1 Å². The van der Waals surface area contributed by atoms with Crippen LogP contribution in [-0.2, 0) is 9.47 Å². The van der Waals surface area contributed by atoms with Gasteiger partial charge in [0.25, 0.3) is 0 Å². The van der Waals surface area contributed by atoms with Gasteiger partial charge in [0.1, 0.15) is 0 Å². The van der Waals surface area contributed by atoms with Gasteiger partial charge in [-0.1, -0.05) is 29.3 Å². The molecule has 0 amide bonds. The second-order valence-corrected chi connectivity index (χ2v) is 6.80. The Morgan fingerprint density at radius 2 is 2.28 bits per heavy atom. The van der Waals surface area contributed by atoms with Crippen LogP contribution in [0.25, 0.3) is 0 Å². The van der Waals surface area contributed by atoms with Gasteiger partial charge in [0.05, 0.1) is 19.3 Å². The number of ether oxygens (including phenoxy) is 2. The number of hydrogen-bond acceptors (Lipinski definition) is 3. The summed E-state index contributed by atoms with van der Waals surface area (Å²) < 4.78 is 10.9. The molecule has 2 atom stereocenters. The molecule has 1 fully saturated rings. The molecular formula is C17H26Cl2IN3O2. The van der Waals surface area contributed by atoms with Crippen LogP contribution in [0.3, 0.4) is 0 Å². The smallest absolute Gasteiger partial charge is 0.189 e. The zero-order chi connectivity index (χ0) is 17.4. The Bertz CT molecular complexity index is 555. The fourth-order valence-corrected chi connectivity index (χ4v) is 3.10. The van der Waals surface area contributed by atoms with Gasteiger partial charge in [-0.15, -0.1) is 24.0 Å². The number of benzene rings is 1. The third kappa shape index (κ3) is 8.30. The number of nitrogens with zero attached hydrogens (tertiary/aromatic N) is 1. The zero-order valence-electron chi connectivity index (χ0n) is 14.3. The normalized spacial score (nSPS) is 18.7. The molecule has 1 aliphatic heterocycles. The minimum absolute atomic E-state index is 0. The molecule has 1 heterocycles. The average molecular weight is 502 g/mol. The lowest BCUT2D eigenvalue weighted by Crippen LogP contribution is -2.34. The van der Waals surface area contributed by atoms with E-state index < -0.39 is 0 Å². The first-order valence-corrected chi connectivity index (χ1v) is 8.98.